The highest BCUT2D eigenvalue weighted by Gasteiger charge is 2.17. The number of rotatable bonds is 8. The zero-order valence-corrected chi connectivity index (χ0v) is 12.2. The molecule has 0 radical (unpaired) electrons. The number of nitrogens with zero attached hydrogens (tertiary/aromatic N) is 1. The number of methoxy groups -OCH3 is 2. The van der Waals surface area contributed by atoms with E-state index in [4.69, 9.17) is 19.9 Å². The first-order chi connectivity index (χ1) is 9.58. The van der Waals surface area contributed by atoms with E-state index in [2.05, 4.69) is 0 Å². The standard InChI is InChI=1S/C14H22N2O4/c1-16(14(17)13(15)10-18-2)8-9-20-12-6-4-11(19-3)5-7-12/h4-7,13H,8-10,15H2,1-3H3. The lowest BCUT2D eigenvalue weighted by Gasteiger charge is -2.21. The number of benzene rings is 1. The number of carbonyl (C=O) groups is 1. The highest BCUT2D eigenvalue weighted by molar-refractivity contribution is 5.81. The molecule has 6 nitrogen and oxygen atoms in total. The van der Waals surface area contributed by atoms with Crippen molar-refractivity contribution in [3.05, 3.63) is 24.3 Å². The molecule has 0 spiro atoms. The van der Waals surface area contributed by atoms with Gasteiger partial charge in [-0.05, 0) is 24.3 Å². The molecule has 2 N–H and O–H groups in total. The number of ether oxygens (including phenoxy) is 3. The summed E-state index contributed by atoms with van der Waals surface area (Å²) in [5.41, 5.74) is 5.67. The fraction of sp³-hybridized carbons (Fsp3) is 0.500. The van der Waals surface area contributed by atoms with Gasteiger partial charge in [0.25, 0.3) is 0 Å². The molecule has 112 valence electrons. The Kier molecular flexibility index (Phi) is 6.83. The van der Waals surface area contributed by atoms with Gasteiger partial charge in [-0.25, -0.2) is 0 Å². The Morgan fingerprint density at radius 3 is 2.40 bits per heavy atom. The van der Waals surface area contributed by atoms with E-state index in [1.807, 2.05) is 24.3 Å². The van der Waals surface area contributed by atoms with Crippen molar-refractivity contribution >= 4 is 5.91 Å². The van der Waals surface area contributed by atoms with Crippen LogP contribution in [-0.4, -0.2) is 57.9 Å². The van der Waals surface area contributed by atoms with Crippen LogP contribution in [0.4, 0.5) is 0 Å². The number of hydrogen-bond donors (Lipinski definition) is 1. The molecule has 0 aliphatic carbocycles. The first-order valence-electron chi connectivity index (χ1n) is 6.34. The third-order valence-electron chi connectivity index (χ3n) is 2.79. The summed E-state index contributed by atoms with van der Waals surface area (Å²) >= 11 is 0. The average molecular weight is 282 g/mol. The maximum atomic E-state index is 11.8. The monoisotopic (exact) mass is 282 g/mol. The Labute approximate surface area is 119 Å². The van der Waals surface area contributed by atoms with Crippen LogP contribution in [0.25, 0.3) is 0 Å². The van der Waals surface area contributed by atoms with Crippen LogP contribution in [0, 0.1) is 0 Å². The van der Waals surface area contributed by atoms with Gasteiger partial charge in [0.05, 0.1) is 20.3 Å². The van der Waals surface area contributed by atoms with Crippen LogP contribution in [0.1, 0.15) is 0 Å². The van der Waals surface area contributed by atoms with E-state index in [9.17, 15) is 4.79 Å². The van der Waals surface area contributed by atoms with Crippen molar-refractivity contribution in [2.24, 2.45) is 5.73 Å². The van der Waals surface area contributed by atoms with Gasteiger partial charge in [-0.2, -0.15) is 0 Å². The molecule has 1 unspecified atom stereocenters. The summed E-state index contributed by atoms with van der Waals surface area (Å²) in [6.07, 6.45) is 0. The van der Waals surface area contributed by atoms with Crippen molar-refractivity contribution in [3.8, 4) is 11.5 Å². The first-order valence-corrected chi connectivity index (χ1v) is 6.34. The number of hydrogen-bond acceptors (Lipinski definition) is 5. The Morgan fingerprint density at radius 1 is 1.25 bits per heavy atom. The van der Waals surface area contributed by atoms with Gasteiger partial charge in [-0.3, -0.25) is 4.79 Å². The van der Waals surface area contributed by atoms with Gasteiger partial charge >= 0.3 is 0 Å². The Morgan fingerprint density at radius 2 is 1.85 bits per heavy atom. The SMILES string of the molecule is COCC(N)C(=O)N(C)CCOc1ccc(OC)cc1. The van der Waals surface area contributed by atoms with E-state index in [-0.39, 0.29) is 12.5 Å². The first kappa shape index (κ1) is 16.3. The minimum absolute atomic E-state index is 0.162. The number of amides is 1. The maximum absolute atomic E-state index is 11.8. The van der Waals surface area contributed by atoms with Crippen LogP contribution >= 0.6 is 0 Å². The second kappa shape index (κ2) is 8.39. The van der Waals surface area contributed by atoms with Crippen molar-refractivity contribution in [1.29, 1.82) is 0 Å². The maximum Gasteiger partial charge on any atom is 0.241 e. The molecule has 0 fully saturated rings. The molecular formula is C14H22N2O4. The molecule has 0 aromatic heterocycles. The summed E-state index contributed by atoms with van der Waals surface area (Å²) in [4.78, 5) is 13.3. The van der Waals surface area contributed by atoms with Gasteiger partial charge in [0.2, 0.25) is 5.91 Å². The van der Waals surface area contributed by atoms with Gasteiger partial charge in [0, 0.05) is 14.2 Å². The van der Waals surface area contributed by atoms with Crippen LogP contribution in [0.3, 0.4) is 0 Å². The summed E-state index contributed by atoms with van der Waals surface area (Å²) in [7, 11) is 4.81. The topological polar surface area (TPSA) is 74.0 Å². The Bertz CT molecular complexity index is 408. The lowest BCUT2D eigenvalue weighted by Crippen LogP contribution is -2.45. The molecule has 6 heteroatoms. The minimum atomic E-state index is -0.633. The third kappa shape index (κ3) is 5.07. The van der Waals surface area contributed by atoms with Crippen molar-refractivity contribution in [3.63, 3.8) is 0 Å². The highest BCUT2D eigenvalue weighted by atomic mass is 16.5. The van der Waals surface area contributed by atoms with E-state index in [0.29, 0.717) is 13.2 Å². The number of carbonyl (C=O) groups excluding carboxylic acids is 1. The quantitative estimate of drug-likeness (QED) is 0.752. The van der Waals surface area contributed by atoms with Gasteiger partial charge in [0.1, 0.15) is 24.1 Å². The summed E-state index contributed by atoms with van der Waals surface area (Å²) in [5.74, 6) is 1.34. The summed E-state index contributed by atoms with van der Waals surface area (Å²) in [6, 6.07) is 6.64. The van der Waals surface area contributed by atoms with E-state index >= 15 is 0 Å². The van der Waals surface area contributed by atoms with Crippen molar-refractivity contribution in [2.75, 3.05) is 41.0 Å². The second-order valence-corrected chi connectivity index (χ2v) is 4.35. The Hall–Kier alpha value is -1.79. The smallest absolute Gasteiger partial charge is 0.241 e. The van der Waals surface area contributed by atoms with E-state index in [1.165, 1.54) is 12.0 Å². The fourth-order valence-electron chi connectivity index (χ4n) is 1.62. The number of nitrogens with two attached hydrogens (primary N) is 1. The normalized spacial score (nSPS) is 11.8. The molecule has 1 rings (SSSR count). The van der Waals surface area contributed by atoms with Crippen molar-refractivity contribution < 1.29 is 19.0 Å². The van der Waals surface area contributed by atoms with Crippen LogP contribution in [0.2, 0.25) is 0 Å². The molecule has 1 amide bonds. The molecule has 1 aromatic carbocycles. The largest absolute Gasteiger partial charge is 0.497 e. The van der Waals surface area contributed by atoms with Crippen LogP contribution in [0.15, 0.2) is 24.3 Å². The second-order valence-electron chi connectivity index (χ2n) is 4.35. The molecule has 0 heterocycles. The minimum Gasteiger partial charge on any atom is -0.497 e. The average Bonchev–Trinajstić information content (AvgIpc) is 2.47. The molecule has 0 saturated heterocycles. The molecule has 1 atom stereocenters. The van der Waals surface area contributed by atoms with Crippen molar-refractivity contribution in [1.82, 2.24) is 4.90 Å². The zero-order valence-electron chi connectivity index (χ0n) is 12.2. The van der Waals surface area contributed by atoms with Gasteiger partial charge in [0.15, 0.2) is 0 Å². The molecule has 0 bridgehead atoms. The fourth-order valence-corrected chi connectivity index (χ4v) is 1.62. The van der Waals surface area contributed by atoms with Crippen LogP contribution in [0.5, 0.6) is 11.5 Å². The van der Waals surface area contributed by atoms with Crippen LogP contribution < -0.4 is 15.2 Å². The number of likely N-dealkylation sites (N-methyl/N-ethyl adjacent to an activating group) is 1. The lowest BCUT2D eigenvalue weighted by atomic mass is 10.3. The zero-order chi connectivity index (χ0) is 15.0. The summed E-state index contributed by atoms with van der Waals surface area (Å²) in [6.45, 7) is 1.07. The predicted molar refractivity (Wildman–Crippen MR) is 76.0 cm³/mol. The van der Waals surface area contributed by atoms with Gasteiger partial charge in [-0.1, -0.05) is 0 Å². The molecule has 0 aliphatic rings. The third-order valence-corrected chi connectivity index (χ3v) is 2.79. The summed E-state index contributed by atoms with van der Waals surface area (Å²) in [5, 5.41) is 0. The lowest BCUT2D eigenvalue weighted by molar-refractivity contribution is -0.132. The molecule has 0 aliphatic heterocycles. The molecule has 20 heavy (non-hydrogen) atoms. The van der Waals surface area contributed by atoms with Crippen LogP contribution in [-0.2, 0) is 9.53 Å². The molecule has 0 saturated carbocycles. The van der Waals surface area contributed by atoms with Crippen molar-refractivity contribution in [2.45, 2.75) is 6.04 Å². The van der Waals surface area contributed by atoms with E-state index < -0.39 is 6.04 Å². The van der Waals surface area contributed by atoms with Gasteiger partial charge in [-0.15, -0.1) is 0 Å². The molecule has 1 aromatic rings. The van der Waals surface area contributed by atoms with Gasteiger partial charge < -0.3 is 24.8 Å². The van der Waals surface area contributed by atoms with E-state index in [0.717, 1.165) is 11.5 Å². The highest BCUT2D eigenvalue weighted by Crippen LogP contribution is 2.16. The predicted octanol–water partition coefficient (Wildman–Crippen LogP) is 0.506. The molecular weight excluding hydrogens is 260 g/mol. The summed E-state index contributed by atoms with van der Waals surface area (Å²) < 4.78 is 15.5. The van der Waals surface area contributed by atoms with E-state index in [1.54, 1.807) is 14.2 Å². The Balaban J connectivity index is 2.33.